The molecule has 0 aromatic heterocycles. The number of nitrogen functional groups attached to an aromatic ring is 1. The fourth-order valence-electron chi connectivity index (χ4n) is 3.01. The van der Waals surface area contributed by atoms with Crippen LogP contribution in [-0.2, 0) is 0 Å². The quantitative estimate of drug-likeness (QED) is 0.741. The van der Waals surface area contributed by atoms with Crippen molar-refractivity contribution >= 4 is 22.4 Å². The minimum atomic E-state index is -0.307. The second-order valence-corrected chi connectivity index (χ2v) is 5.78. The topological polar surface area (TPSA) is 75.4 Å². The van der Waals surface area contributed by atoms with Gasteiger partial charge in [0, 0.05) is 11.7 Å². The lowest BCUT2D eigenvalue weighted by atomic mass is 9.92. The number of carbonyl (C=O) groups excluding carboxylic acids is 1. The summed E-state index contributed by atoms with van der Waals surface area (Å²) in [5.74, 6) is -0.155. The van der Waals surface area contributed by atoms with Crippen LogP contribution in [0.4, 0.5) is 5.69 Å². The molecule has 2 atom stereocenters. The van der Waals surface area contributed by atoms with E-state index in [1.54, 1.807) is 0 Å². The molecule has 4 N–H and O–H groups in total. The van der Waals surface area contributed by atoms with Gasteiger partial charge in [-0.15, -0.1) is 0 Å². The molecule has 0 spiro atoms. The first kappa shape index (κ1) is 13.9. The lowest BCUT2D eigenvalue weighted by Crippen LogP contribution is -2.40. The zero-order valence-electron chi connectivity index (χ0n) is 11.9. The van der Waals surface area contributed by atoms with Crippen molar-refractivity contribution in [1.82, 2.24) is 5.32 Å². The number of hydrogen-bond acceptors (Lipinski definition) is 3. The average Bonchev–Trinajstić information content (AvgIpc) is 2.46. The van der Waals surface area contributed by atoms with Gasteiger partial charge in [0.05, 0.1) is 11.7 Å². The minimum Gasteiger partial charge on any atom is -0.398 e. The van der Waals surface area contributed by atoms with Gasteiger partial charge in [0.15, 0.2) is 0 Å². The molecule has 1 aliphatic carbocycles. The predicted octanol–water partition coefficient (Wildman–Crippen LogP) is 2.46. The summed E-state index contributed by atoms with van der Waals surface area (Å²) in [7, 11) is 0. The molecule has 3 rings (SSSR count). The summed E-state index contributed by atoms with van der Waals surface area (Å²) < 4.78 is 0. The average molecular weight is 284 g/mol. The molecule has 0 aliphatic heterocycles. The molecule has 4 heteroatoms. The molecule has 2 aromatic carbocycles. The lowest BCUT2D eigenvalue weighted by Gasteiger charge is -2.26. The van der Waals surface area contributed by atoms with Crippen LogP contribution in [0.15, 0.2) is 36.4 Å². The number of carbonyl (C=O) groups is 1. The van der Waals surface area contributed by atoms with Crippen molar-refractivity contribution < 1.29 is 9.90 Å². The van der Waals surface area contributed by atoms with Crippen LogP contribution in [0, 0.1) is 0 Å². The monoisotopic (exact) mass is 284 g/mol. The maximum absolute atomic E-state index is 12.4. The van der Waals surface area contributed by atoms with Crippen molar-refractivity contribution in [3.8, 4) is 0 Å². The highest BCUT2D eigenvalue weighted by atomic mass is 16.3. The Bertz CT molecular complexity index is 669. The minimum absolute atomic E-state index is 0.0344. The van der Waals surface area contributed by atoms with E-state index >= 15 is 0 Å². The molecular formula is C17H20N2O2. The molecule has 110 valence electrons. The highest BCUT2D eigenvalue weighted by molar-refractivity contribution is 6.04. The van der Waals surface area contributed by atoms with Gasteiger partial charge < -0.3 is 16.2 Å². The first-order valence-corrected chi connectivity index (χ1v) is 7.40. The Hall–Kier alpha value is -2.07. The van der Waals surface area contributed by atoms with E-state index < -0.39 is 0 Å². The molecule has 0 radical (unpaired) electrons. The summed E-state index contributed by atoms with van der Waals surface area (Å²) in [6.45, 7) is 0. The molecular weight excluding hydrogens is 264 g/mol. The molecule has 1 aliphatic rings. The summed E-state index contributed by atoms with van der Waals surface area (Å²) >= 11 is 0. The maximum atomic E-state index is 12.4. The molecule has 1 fully saturated rings. The Morgan fingerprint density at radius 2 is 1.90 bits per heavy atom. The molecule has 0 bridgehead atoms. The van der Waals surface area contributed by atoms with Crippen LogP contribution in [0.2, 0.25) is 0 Å². The number of nitrogens with two attached hydrogens (primary N) is 1. The number of fused-ring (bicyclic) bond motifs is 1. The molecule has 0 heterocycles. The number of amides is 1. The Morgan fingerprint density at radius 1 is 1.19 bits per heavy atom. The fourth-order valence-corrected chi connectivity index (χ4v) is 3.01. The van der Waals surface area contributed by atoms with Crippen molar-refractivity contribution in [2.24, 2.45) is 0 Å². The Labute approximate surface area is 124 Å². The smallest absolute Gasteiger partial charge is 0.253 e. The van der Waals surface area contributed by atoms with Crippen LogP contribution in [0.3, 0.4) is 0 Å². The van der Waals surface area contributed by atoms with E-state index in [2.05, 4.69) is 5.32 Å². The van der Waals surface area contributed by atoms with Gasteiger partial charge >= 0.3 is 0 Å². The molecule has 0 saturated heterocycles. The van der Waals surface area contributed by atoms with Crippen molar-refractivity contribution in [3.63, 3.8) is 0 Å². The van der Waals surface area contributed by atoms with E-state index in [-0.39, 0.29) is 18.1 Å². The van der Waals surface area contributed by atoms with Crippen LogP contribution in [0.5, 0.6) is 0 Å². The highest BCUT2D eigenvalue weighted by Crippen LogP contribution is 2.23. The van der Waals surface area contributed by atoms with Gasteiger partial charge in [-0.3, -0.25) is 4.79 Å². The number of anilines is 1. The molecule has 21 heavy (non-hydrogen) atoms. The van der Waals surface area contributed by atoms with Crippen molar-refractivity contribution in [3.05, 3.63) is 42.0 Å². The first-order chi connectivity index (χ1) is 10.1. The van der Waals surface area contributed by atoms with E-state index in [0.717, 1.165) is 30.0 Å². The van der Waals surface area contributed by atoms with Crippen molar-refractivity contribution in [2.45, 2.75) is 37.8 Å². The summed E-state index contributed by atoms with van der Waals surface area (Å²) in [4.78, 5) is 12.4. The van der Waals surface area contributed by atoms with Gasteiger partial charge in [-0.25, -0.2) is 0 Å². The number of hydrogen-bond donors (Lipinski definition) is 3. The molecule has 4 nitrogen and oxygen atoms in total. The zero-order valence-corrected chi connectivity index (χ0v) is 11.9. The van der Waals surface area contributed by atoms with Gasteiger partial charge in [0.25, 0.3) is 5.91 Å². The second kappa shape index (κ2) is 5.74. The SMILES string of the molecule is Nc1cc2ccccc2cc1C(=O)NC1CCCC(O)C1. The molecule has 2 unspecified atom stereocenters. The fraction of sp³-hybridized carbons (Fsp3) is 0.353. The van der Waals surface area contributed by atoms with Crippen LogP contribution in [-0.4, -0.2) is 23.2 Å². The van der Waals surface area contributed by atoms with Gasteiger partial charge in [-0.1, -0.05) is 24.3 Å². The standard InChI is InChI=1S/C17H20N2O2/c18-16-9-12-5-2-1-4-11(12)8-15(16)17(21)19-13-6-3-7-14(20)10-13/h1-2,4-5,8-9,13-14,20H,3,6-7,10,18H2,(H,19,21). The van der Waals surface area contributed by atoms with Gasteiger partial charge in [-0.05, 0) is 48.6 Å². The number of nitrogens with one attached hydrogen (secondary N) is 1. The van der Waals surface area contributed by atoms with Crippen LogP contribution in [0.25, 0.3) is 10.8 Å². The zero-order chi connectivity index (χ0) is 14.8. The van der Waals surface area contributed by atoms with E-state index in [0.29, 0.717) is 17.7 Å². The van der Waals surface area contributed by atoms with E-state index in [1.807, 2.05) is 36.4 Å². The maximum Gasteiger partial charge on any atom is 0.253 e. The Morgan fingerprint density at radius 3 is 2.62 bits per heavy atom. The largest absolute Gasteiger partial charge is 0.398 e. The molecule has 1 saturated carbocycles. The first-order valence-electron chi connectivity index (χ1n) is 7.40. The number of rotatable bonds is 2. The third kappa shape index (κ3) is 3.00. The normalized spacial score (nSPS) is 22.1. The number of aliphatic hydroxyl groups excluding tert-OH is 1. The van der Waals surface area contributed by atoms with Gasteiger partial charge in [0.1, 0.15) is 0 Å². The van der Waals surface area contributed by atoms with Crippen molar-refractivity contribution in [2.75, 3.05) is 5.73 Å². The summed E-state index contributed by atoms with van der Waals surface area (Å²) in [5, 5.41) is 14.7. The third-order valence-corrected chi connectivity index (χ3v) is 4.14. The van der Waals surface area contributed by atoms with Gasteiger partial charge in [0.2, 0.25) is 0 Å². The summed E-state index contributed by atoms with van der Waals surface area (Å²) in [6, 6.07) is 11.5. The van der Waals surface area contributed by atoms with Crippen molar-refractivity contribution in [1.29, 1.82) is 0 Å². The summed E-state index contributed by atoms with van der Waals surface area (Å²) in [6.07, 6.45) is 3.00. The second-order valence-electron chi connectivity index (χ2n) is 5.78. The number of benzene rings is 2. The van der Waals surface area contributed by atoms with E-state index in [1.165, 1.54) is 0 Å². The Balaban J connectivity index is 1.82. The lowest BCUT2D eigenvalue weighted by molar-refractivity contribution is 0.0850. The third-order valence-electron chi connectivity index (χ3n) is 4.14. The summed E-state index contributed by atoms with van der Waals surface area (Å²) in [5.41, 5.74) is 7.01. The highest BCUT2D eigenvalue weighted by Gasteiger charge is 2.22. The number of aliphatic hydroxyl groups is 1. The van der Waals surface area contributed by atoms with Crippen LogP contribution >= 0.6 is 0 Å². The van der Waals surface area contributed by atoms with Crippen LogP contribution < -0.4 is 11.1 Å². The van der Waals surface area contributed by atoms with E-state index in [4.69, 9.17) is 5.73 Å². The van der Waals surface area contributed by atoms with E-state index in [9.17, 15) is 9.90 Å². The Kier molecular flexibility index (Phi) is 3.80. The molecule has 2 aromatic rings. The van der Waals surface area contributed by atoms with Crippen LogP contribution in [0.1, 0.15) is 36.0 Å². The molecule has 1 amide bonds. The van der Waals surface area contributed by atoms with Gasteiger partial charge in [-0.2, -0.15) is 0 Å². The predicted molar refractivity (Wildman–Crippen MR) is 84.1 cm³/mol.